The number of ether oxygens (including phenoxy) is 2. The average molecular weight is 498 g/mol. The molecule has 33 heavy (non-hydrogen) atoms. The molecule has 0 fully saturated rings. The third kappa shape index (κ3) is 4.61. The van der Waals surface area contributed by atoms with Gasteiger partial charge in [0.2, 0.25) is 10.0 Å². The highest BCUT2D eigenvalue weighted by Crippen LogP contribution is 2.38. The Hall–Kier alpha value is -2.52. The summed E-state index contributed by atoms with van der Waals surface area (Å²) >= 11 is 3.20. The van der Waals surface area contributed by atoms with Crippen LogP contribution in [0.1, 0.15) is 22.9 Å². The fourth-order valence-electron chi connectivity index (χ4n) is 3.86. The van der Waals surface area contributed by atoms with Gasteiger partial charge in [-0.2, -0.15) is 4.72 Å². The van der Waals surface area contributed by atoms with Crippen molar-refractivity contribution in [1.29, 1.82) is 0 Å². The first-order valence-corrected chi connectivity index (χ1v) is 14.1. The Bertz CT molecular complexity index is 1360. The van der Waals surface area contributed by atoms with E-state index in [1.165, 1.54) is 0 Å². The van der Waals surface area contributed by atoms with Gasteiger partial charge in [0.25, 0.3) is 0 Å². The van der Waals surface area contributed by atoms with Gasteiger partial charge in [0.1, 0.15) is 0 Å². The molecule has 1 aliphatic rings. The molecule has 5 rings (SSSR count). The van der Waals surface area contributed by atoms with Gasteiger partial charge in [-0.25, -0.2) is 8.42 Å². The number of rotatable bonds is 6. The van der Waals surface area contributed by atoms with E-state index in [0.29, 0.717) is 24.7 Å². The van der Waals surface area contributed by atoms with Gasteiger partial charge >= 0.3 is 0 Å². The van der Waals surface area contributed by atoms with Gasteiger partial charge < -0.3 is 9.47 Å². The summed E-state index contributed by atoms with van der Waals surface area (Å²) in [5.41, 5.74) is 0.925. The van der Waals surface area contributed by atoms with Crippen molar-refractivity contribution < 1.29 is 17.9 Å². The van der Waals surface area contributed by atoms with Crippen molar-refractivity contribution in [2.24, 2.45) is 0 Å². The van der Waals surface area contributed by atoms with Crippen LogP contribution < -0.4 is 14.2 Å². The second-order valence-electron chi connectivity index (χ2n) is 7.64. The van der Waals surface area contributed by atoms with Crippen LogP contribution >= 0.6 is 23.1 Å². The number of nitrogens with one attached hydrogen (secondary N) is 1. The van der Waals surface area contributed by atoms with E-state index in [-0.39, 0.29) is 4.90 Å². The van der Waals surface area contributed by atoms with Crippen LogP contribution in [0.2, 0.25) is 0 Å². The number of hydrogen-bond donors (Lipinski definition) is 1. The van der Waals surface area contributed by atoms with Gasteiger partial charge in [-0.05, 0) is 47.5 Å². The second-order valence-corrected chi connectivity index (χ2v) is 11.3. The van der Waals surface area contributed by atoms with E-state index < -0.39 is 16.1 Å². The van der Waals surface area contributed by atoms with Crippen LogP contribution in [0, 0.1) is 0 Å². The first-order chi connectivity index (χ1) is 16.0. The number of benzene rings is 3. The van der Waals surface area contributed by atoms with Crippen LogP contribution in [0.3, 0.4) is 0 Å². The molecular weight excluding hydrogens is 474 g/mol. The van der Waals surface area contributed by atoms with Crippen LogP contribution in [0.15, 0.2) is 82.6 Å². The second kappa shape index (κ2) is 9.38. The van der Waals surface area contributed by atoms with Gasteiger partial charge in [-0.1, -0.05) is 36.4 Å². The normalized spacial score (nSPS) is 14.7. The summed E-state index contributed by atoms with van der Waals surface area (Å²) in [6, 6.07) is 22.3. The smallest absolute Gasteiger partial charge is 0.241 e. The van der Waals surface area contributed by atoms with E-state index in [9.17, 15) is 8.42 Å². The molecule has 170 valence electrons. The van der Waals surface area contributed by atoms with Gasteiger partial charge in [0.05, 0.1) is 24.2 Å². The summed E-state index contributed by atoms with van der Waals surface area (Å²) in [4.78, 5) is 2.12. The third-order valence-corrected chi connectivity index (χ3v) is 8.89. The van der Waals surface area contributed by atoms with E-state index in [1.54, 1.807) is 41.3 Å². The van der Waals surface area contributed by atoms with E-state index in [0.717, 1.165) is 31.8 Å². The summed E-state index contributed by atoms with van der Waals surface area (Å²) in [5.74, 6) is 1.03. The first-order valence-electron chi connectivity index (χ1n) is 10.6. The van der Waals surface area contributed by atoms with Gasteiger partial charge in [-0.3, -0.25) is 0 Å². The molecule has 0 bridgehead atoms. The zero-order valence-electron chi connectivity index (χ0n) is 18.0. The molecule has 0 radical (unpaired) electrons. The molecule has 2 heterocycles. The molecule has 1 N–H and O–H groups in total. The molecule has 0 saturated carbocycles. The Labute approximate surface area is 201 Å². The van der Waals surface area contributed by atoms with Crippen LogP contribution in [0.25, 0.3) is 10.1 Å². The quantitative estimate of drug-likeness (QED) is 0.339. The van der Waals surface area contributed by atoms with Crippen molar-refractivity contribution in [3.8, 4) is 11.5 Å². The van der Waals surface area contributed by atoms with Gasteiger partial charge in [0.15, 0.2) is 11.5 Å². The van der Waals surface area contributed by atoms with E-state index >= 15 is 0 Å². The number of sulfonamides is 1. The molecule has 0 amide bonds. The maximum absolute atomic E-state index is 13.6. The maximum atomic E-state index is 13.6. The average Bonchev–Trinajstić information content (AvgIpc) is 3.12. The van der Waals surface area contributed by atoms with Gasteiger partial charge in [0, 0.05) is 27.0 Å². The first kappa shape index (κ1) is 22.3. The standard InChI is InChI=1S/C25H23NO4S3/c1-31-23-10-5-3-8-19(23)25(24-15-17-7-2-4-9-22(17)32-24)26-33(27,28)18-11-12-20-21(16-18)30-14-6-13-29-20/h2-5,7-12,15-16,25-26H,6,13-14H2,1H3. The summed E-state index contributed by atoms with van der Waals surface area (Å²) in [6.45, 7) is 1.05. The molecule has 1 atom stereocenters. The number of thioether (sulfide) groups is 1. The van der Waals surface area contributed by atoms with Crippen molar-refractivity contribution >= 4 is 43.2 Å². The van der Waals surface area contributed by atoms with Crippen molar-refractivity contribution in [3.05, 3.63) is 83.2 Å². The molecule has 8 heteroatoms. The molecule has 3 aromatic carbocycles. The summed E-state index contributed by atoms with van der Waals surface area (Å²) in [5, 5.41) is 1.10. The minimum atomic E-state index is -3.85. The summed E-state index contributed by atoms with van der Waals surface area (Å²) in [7, 11) is -3.85. The maximum Gasteiger partial charge on any atom is 0.241 e. The molecule has 1 aromatic heterocycles. The highest BCUT2D eigenvalue weighted by molar-refractivity contribution is 7.98. The zero-order chi connectivity index (χ0) is 22.8. The molecule has 4 aromatic rings. The highest BCUT2D eigenvalue weighted by atomic mass is 32.2. The Balaban J connectivity index is 1.57. The Morgan fingerprint density at radius 2 is 1.70 bits per heavy atom. The Morgan fingerprint density at radius 3 is 2.52 bits per heavy atom. The van der Waals surface area contributed by atoms with Crippen molar-refractivity contribution in [3.63, 3.8) is 0 Å². The van der Waals surface area contributed by atoms with Crippen LogP contribution in [0.5, 0.6) is 11.5 Å². The van der Waals surface area contributed by atoms with Crippen molar-refractivity contribution in [2.45, 2.75) is 22.3 Å². The van der Waals surface area contributed by atoms with E-state index in [2.05, 4.69) is 16.9 Å². The Morgan fingerprint density at radius 1 is 0.939 bits per heavy atom. The Kier molecular flexibility index (Phi) is 6.34. The number of fused-ring (bicyclic) bond motifs is 2. The topological polar surface area (TPSA) is 64.6 Å². The van der Waals surface area contributed by atoms with E-state index in [1.807, 2.05) is 48.7 Å². The van der Waals surface area contributed by atoms with Crippen molar-refractivity contribution in [2.75, 3.05) is 19.5 Å². The highest BCUT2D eigenvalue weighted by Gasteiger charge is 2.27. The molecule has 1 unspecified atom stereocenters. The third-order valence-electron chi connectivity index (χ3n) is 5.48. The molecule has 0 aliphatic carbocycles. The number of thiophene rings is 1. The fourth-order valence-corrected chi connectivity index (χ4v) is 6.91. The largest absolute Gasteiger partial charge is 0.490 e. The minimum Gasteiger partial charge on any atom is -0.490 e. The predicted octanol–water partition coefficient (Wildman–Crippen LogP) is 5.85. The van der Waals surface area contributed by atoms with Crippen LogP contribution in [-0.4, -0.2) is 27.9 Å². The zero-order valence-corrected chi connectivity index (χ0v) is 20.4. The lowest BCUT2D eigenvalue weighted by atomic mass is 10.1. The molecular formula is C25H23NO4S3. The predicted molar refractivity (Wildman–Crippen MR) is 134 cm³/mol. The SMILES string of the molecule is CSc1ccccc1C(NS(=O)(=O)c1ccc2c(c1)OCCCO2)c1cc2ccccc2s1. The number of hydrogen-bond acceptors (Lipinski definition) is 6. The van der Waals surface area contributed by atoms with E-state index in [4.69, 9.17) is 9.47 Å². The molecule has 0 saturated heterocycles. The van der Waals surface area contributed by atoms with Crippen molar-refractivity contribution in [1.82, 2.24) is 4.72 Å². The molecule has 0 spiro atoms. The monoisotopic (exact) mass is 497 g/mol. The van der Waals surface area contributed by atoms with Crippen LogP contribution in [0.4, 0.5) is 0 Å². The molecule has 1 aliphatic heterocycles. The lowest BCUT2D eigenvalue weighted by Gasteiger charge is -2.21. The summed E-state index contributed by atoms with van der Waals surface area (Å²) in [6.07, 6.45) is 2.76. The lowest BCUT2D eigenvalue weighted by molar-refractivity contribution is 0.297. The fraction of sp³-hybridized carbons (Fsp3) is 0.200. The summed E-state index contributed by atoms with van der Waals surface area (Å²) < 4.78 is 42.6. The lowest BCUT2D eigenvalue weighted by Crippen LogP contribution is -2.29. The van der Waals surface area contributed by atoms with Crippen LogP contribution in [-0.2, 0) is 10.0 Å². The van der Waals surface area contributed by atoms with Gasteiger partial charge in [-0.15, -0.1) is 23.1 Å². The minimum absolute atomic E-state index is 0.152. The molecule has 5 nitrogen and oxygen atoms in total.